The molecule has 2 atom stereocenters. The molecule has 0 bridgehead atoms. The van der Waals surface area contributed by atoms with E-state index >= 15 is 0 Å². The minimum Gasteiger partial charge on any atom is -0.338 e. The molecule has 1 aromatic rings. The zero-order valence-corrected chi connectivity index (χ0v) is 11.3. The highest BCUT2D eigenvalue weighted by molar-refractivity contribution is 4.98. The van der Waals surface area contributed by atoms with E-state index in [9.17, 15) is 0 Å². The molecule has 2 heterocycles. The van der Waals surface area contributed by atoms with E-state index in [1.807, 2.05) is 0 Å². The summed E-state index contributed by atoms with van der Waals surface area (Å²) in [5.41, 5.74) is 0.201. The Hall–Kier alpha value is -0.900. The van der Waals surface area contributed by atoms with Crippen LogP contribution in [0.25, 0.3) is 0 Å². The van der Waals surface area contributed by atoms with Crippen LogP contribution in [0.4, 0.5) is 0 Å². The first-order valence-electron chi connectivity index (χ1n) is 6.51. The van der Waals surface area contributed by atoms with Crippen molar-refractivity contribution in [3.05, 3.63) is 11.7 Å². The van der Waals surface area contributed by atoms with Crippen molar-refractivity contribution in [2.75, 3.05) is 6.54 Å². The standard InChI is InChI=1S/C13H23N3O/c1-9-6-5-7-14-11(9)12-15-10(16-17-12)8-13(2,3)4/h9,11,14H,5-8H2,1-4H3. The van der Waals surface area contributed by atoms with Gasteiger partial charge in [0.25, 0.3) is 0 Å². The van der Waals surface area contributed by atoms with Crippen molar-refractivity contribution in [1.29, 1.82) is 0 Å². The van der Waals surface area contributed by atoms with Gasteiger partial charge in [0.15, 0.2) is 5.82 Å². The fourth-order valence-corrected chi connectivity index (χ4v) is 2.32. The molecule has 4 heteroatoms. The molecule has 17 heavy (non-hydrogen) atoms. The van der Waals surface area contributed by atoms with Gasteiger partial charge in [-0.05, 0) is 30.7 Å². The molecule has 96 valence electrons. The van der Waals surface area contributed by atoms with Crippen LogP contribution in [0, 0.1) is 11.3 Å². The molecule has 1 aliphatic rings. The zero-order chi connectivity index (χ0) is 12.5. The Kier molecular flexibility index (Phi) is 3.52. The lowest BCUT2D eigenvalue weighted by Crippen LogP contribution is -2.33. The van der Waals surface area contributed by atoms with Crippen LogP contribution in [-0.4, -0.2) is 16.7 Å². The molecule has 0 spiro atoms. The van der Waals surface area contributed by atoms with Crippen molar-refractivity contribution in [1.82, 2.24) is 15.5 Å². The fourth-order valence-electron chi connectivity index (χ4n) is 2.32. The third kappa shape index (κ3) is 3.28. The molecular formula is C13H23N3O. The maximum absolute atomic E-state index is 5.40. The Balaban J connectivity index is 2.07. The van der Waals surface area contributed by atoms with Crippen LogP contribution in [0.5, 0.6) is 0 Å². The van der Waals surface area contributed by atoms with Gasteiger partial charge in [0.2, 0.25) is 5.89 Å². The SMILES string of the molecule is CC1CCCNC1c1nc(CC(C)(C)C)no1. The third-order valence-electron chi connectivity index (χ3n) is 3.21. The van der Waals surface area contributed by atoms with Crippen LogP contribution in [0.15, 0.2) is 4.52 Å². The Bertz CT molecular complexity index is 367. The van der Waals surface area contributed by atoms with Crippen LogP contribution in [0.2, 0.25) is 0 Å². The minimum atomic E-state index is 0.201. The maximum Gasteiger partial charge on any atom is 0.244 e. The van der Waals surface area contributed by atoms with Crippen molar-refractivity contribution in [2.45, 2.75) is 53.0 Å². The second kappa shape index (κ2) is 4.77. The molecule has 2 unspecified atom stereocenters. The van der Waals surface area contributed by atoms with E-state index in [2.05, 4.69) is 43.2 Å². The number of nitrogens with one attached hydrogen (secondary N) is 1. The average molecular weight is 237 g/mol. The average Bonchev–Trinajstić information content (AvgIpc) is 2.64. The molecule has 0 aromatic carbocycles. The van der Waals surface area contributed by atoms with Gasteiger partial charge in [0.05, 0.1) is 6.04 Å². The number of hydrogen-bond donors (Lipinski definition) is 1. The topological polar surface area (TPSA) is 51.0 Å². The second-order valence-corrected chi connectivity index (χ2v) is 6.34. The summed E-state index contributed by atoms with van der Waals surface area (Å²) in [5, 5.41) is 7.55. The van der Waals surface area contributed by atoms with E-state index in [1.54, 1.807) is 0 Å². The van der Waals surface area contributed by atoms with Crippen molar-refractivity contribution >= 4 is 0 Å². The van der Waals surface area contributed by atoms with Gasteiger partial charge in [-0.2, -0.15) is 4.98 Å². The van der Waals surface area contributed by atoms with Crippen molar-refractivity contribution in [3.63, 3.8) is 0 Å². The van der Waals surface area contributed by atoms with Gasteiger partial charge in [-0.25, -0.2) is 0 Å². The Labute approximate surface area is 103 Å². The van der Waals surface area contributed by atoms with Crippen LogP contribution >= 0.6 is 0 Å². The number of nitrogens with zero attached hydrogens (tertiary/aromatic N) is 2. The van der Waals surface area contributed by atoms with Crippen molar-refractivity contribution in [3.8, 4) is 0 Å². The lowest BCUT2D eigenvalue weighted by Gasteiger charge is -2.26. The van der Waals surface area contributed by atoms with E-state index in [0.717, 1.165) is 24.7 Å². The van der Waals surface area contributed by atoms with Crippen LogP contribution in [0.1, 0.15) is 58.3 Å². The number of piperidine rings is 1. The molecular weight excluding hydrogens is 214 g/mol. The highest BCUT2D eigenvalue weighted by Gasteiger charge is 2.28. The lowest BCUT2D eigenvalue weighted by molar-refractivity contribution is 0.238. The third-order valence-corrected chi connectivity index (χ3v) is 3.21. The predicted molar refractivity (Wildman–Crippen MR) is 66.6 cm³/mol. The normalized spacial score (nSPS) is 26.1. The van der Waals surface area contributed by atoms with Gasteiger partial charge in [-0.3, -0.25) is 0 Å². The van der Waals surface area contributed by atoms with Gasteiger partial charge in [0.1, 0.15) is 0 Å². The maximum atomic E-state index is 5.40. The monoisotopic (exact) mass is 237 g/mol. The molecule has 0 aliphatic carbocycles. The van der Waals surface area contributed by atoms with E-state index in [4.69, 9.17) is 4.52 Å². The van der Waals surface area contributed by atoms with E-state index in [0.29, 0.717) is 5.92 Å². The van der Waals surface area contributed by atoms with Gasteiger partial charge < -0.3 is 9.84 Å². The largest absolute Gasteiger partial charge is 0.338 e. The Morgan fingerprint density at radius 2 is 2.18 bits per heavy atom. The number of aromatic nitrogens is 2. The van der Waals surface area contributed by atoms with Crippen molar-refractivity contribution in [2.24, 2.45) is 11.3 Å². The first-order valence-corrected chi connectivity index (χ1v) is 6.51. The number of rotatable bonds is 2. The summed E-state index contributed by atoms with van der Waals surface area (Å²) in [7, 11) is 0. The first kappa shape index (κ1) is 12.6. The quantitative estimate of drug-likeness (QED) is 0.859. The van der Waals surface area contributed by atoms with Gasteiger partial charge in [-0.15, -0.1) is 0 Å². The fraction of sp³-hybridized carbons (Fsp3) is 0.846. The summed E-state index contributed by atoms with van der Waals surface area (Å²) >= 11 is 0. The Morgan fingerprint density at radius 1 is 1.41 bits per heavy atom. The highest BCUT2D eigenvalue weighted by atomic mass is 16.5. The molecule has 1 aliphatic heterocycles. The van der Waals surface area contributed by atoms with Crippen LogP contribution < -0.4 is 5.32 Å². The summed E-state index contributed by atoms with van der Waals surface area (Å²) in [6.07, 6.45) is 3.33. The number of hydrogen-bond acceptors (Lipinski definition) is 4. The van der Waals surface area contributed by atoms with Crippen LogP contribution in [-0.2, 0) is 6.42 Å². The van der Waals surface area contributed by atoms with E-state index < -0.39 is 0 Å². The zero-order valence-electron chi connectivity index (χ0n) is 11.3. The summed E-state index contributed by atoms with van der Waals surface area (Å²) in [6, 6.07) is 0.241. The van der Waals surface area contributed by atoms with Crippen molar-refractivity contribution < 1.29 is 4.52 Å². The van der Waals surface area contributed by atoms with Gasteiger partial charge >= 0.3 is 0 Å². The molecule has 1 aromatic heterocycles. The molecule has 4 nitrogen and oxygen atoms in total. The molecule has 1 N–H and O–H groups in total. The molecule has 1 fully saturated rings. The van der Waals surface area contributed by atoms with Gasteiger partial charge in [0, 0.05) is 6.42 Å². The molecule has 1 saturated heterocycles. The highest BCUT2D eigenvalue weighted by Crippen LogP contribution is 2.28. The smallest absolute Gasteiger partial charge is 0.244 e. The molecule has 2 rings (SSSR count). The summed E-state index contributed by atoms with van der Waals surface area (Å²) in [5.74, 6) is 2.16. The summed E-state index contributed by atoms with van der Waals surface area (Å²) in [6.45, 7) is 9.84. The molecule has 0 saturated carbocycles. The molecule has 0 amide bonds. The van der Waals surface area contributed by atoms with Gasteiger partial charge in [-0.1, -0.05) is 32.9 Å². The second-order valence-electron chi connectivity index (χ2n) is 6.34. The lowest BCUT2D eigenvalue weighted by atomic mass is 9.91. The van der Waals surface area contributed by atoms with E-state index in [-0.39, 0.29) is 11.5 Å². The predicted octanol–water partition coefficient (Wildman–Crippen LogP) is 2.72. The minimum absolute atomic E-state index is 0.201. The summed E-state index contributed by atoms with van der Waals surface area (Å²) < 4.78 is 5.40. The first-order chi connectivity index (χ1) is 7.96. The van der Waals surface area contributed by atoms with Crippen LogP contribution in [0.3, 0.4) is 0 Å². The van der Waals surface area contributed by atoms with E-state index in [1.165, 1.54) is 12.8 Å². The molecule has 0 radical (unpaired) electrons. The Morgan fingerprint density at radius 3 is 2.82 bits per heavy atom. The summed E-state index contributed by atoms with van der Waals surface area (Å²) in [4.78, 5) is 4.53.